The maximum absolute atomic E-state index is 13.9. The maximum Gasteiger partial charge on any atom is 0.360 e. The van der Waals surface area contributed by atoms with Crippen molar-refractivity contribution in [3.8, 4) is 11.4 Å². The quantitative estimate of drug-likeness (QED) is 0.336. The lowest BCUT2D eigenvalue weighted by molar-refractivity contribution is 0.0517. The molecule has 0 saturated carbocycles. The number of aromatic nitrogens is 6. The molecule has 0 radical (unpaired) electrons. The molecule has 4 aromatic rings. The van der Waals surface area contributed by atoms with Crippen molar-refractivity contribution in [3.63, 3.8) is 0 Å². The molecule has 0 spiro atoms. The summed E-state index contributed by atoms with van der Waals surface area (Å²) in [5, 5.41) is 24.1. The van der Waals surface area contributed by atoms with Gasteiger partial charge in [0.15, 0.2) is 11.4 Å². The van der Waals surface area contributed by atoms with Crippen LogP contribution in [0.25, 0.3) is 11.4 Å². The number of para-hydroxylation sites is 2. The number of halogens is 2. The average Bonchev–Trinajstić information content (AvgIpc) is 3.51. The van der Waals surface area contributed by atoms with E-state index in [1.54, 1.807) is 37.3 Å². The van der Waals surface area contributed by atoms with Gasteiger partial charge >= 0.3 is 11.9 Å². The van der Waals surface area contributed by atoms with Crippen LogP contribution in [0.4, 0.5) is 8.78 Å². The number of rotatable bonds is 7. The molecule has 0 saturated heterocycles. The van der Waals surface area contributed by atoms with Crippen LogP contribution in [0.15, 0.2) is 48.5 Å². The smallest absolute Gasteiger partial charge is 0.360 e. The van der Waals surface area contributed by atoms with Gasteiger partial charge in [-0.3, -0.25) is 0 Å². The van der Waals surface area contributed by atoms with E-state index in [1.807, 2.05) is 27.7 Å². The third-order valence-electron chi connectivity index (χ3n) is 5.34. The number of hydrogen-bond donors (Lipinski definition) is 1. The van der Waals surface area contributed by atoms with Crippen molar-refractivity contribution in [2.24, 2.45) is 0 Å². The zero-order valence-electron chi connectivity index (χ0n) is 21.6. The van der Waals surface area contributed by atoms with Gasteiger partial charge in [-0.15, -0.1) is 10.2 Å². The van der Waals surface area contributed by atoms with Gasteiger partial charge in [0.25, 0.3) is 0 Å². The molecule has 1 N–H and O–H groups in total. The standard InChI is InChI=1S/C14H16FN3O2.C12H12FN3O2/c1-4-20-14(19)12-13(9(2)3)18(17-16-12)11-8-6-5-7-10(11)15;1-7(2)11-10(12(17)18)14-15-16(11)9-6-4-3-5-8(9)13/h5-9H,4H2,1-3H3;3-7H,1-2H3,(H,17,18). The molecule has 0 unspecified atom stereocenters. The van der Waals surface area contributed by atoms with Crippen molar-refractivity contribution >= 4 is 11.9 Å². The Labute approximate surface area is 217 Å². The van der Waals surface area contributed by atoms with Crippen LogP contribution in [0.5, 0.6) is 0 Å². The molecule has 0 atom stereocenters. The SMILES string of the molecule is CC(C)c1c(C(=O)O)nnn1-c1ccccc1F.CCOC(=O)c1nnn(-c2ccccc2F)c1C(C)C. The Bertz CT molecular complexity index is 1430. The summed E-state index contributed by atoms with van der Waals surface area (Å²) in [4.78, 5) is 22.9. The van der Waals surface area contributed by atoms with E-state index in [-0.39, 0.29) is 41.2 Å². The van der Waals surface area contributed by atoms with Crippen molar-refractivity contribution < 1.29 is 28.2 Å². The third-order valence-corrected chi connectivity index (χ3v) is 5.34. The van der Waals surface area contributed by atoms with Gasteiger partial charge in [0, 0.05) is 0 Å². The number of carbonyl (C=O) groups is 2. The van der Waals surface area contributed by atoms with Crippen LogP contribution in [0, 0.1) is 11.6 Å². The molecular weight excluding hydrogens is 498 g/mol. The zero-order chi connectivity index (χ0) is 28.0. The summed E-state index contributed by atoms with van der Waals surface area (Å²) in [7, 11) is 0. The number of esters is 1. The summed E-state index contributed by atoms with van der Waals surface area (Å²) in [6, 6.07) is 12.3. The second-order valence-corrected chi connectivity index (χ2v) is 8.71. The molecule has 38 heavy (non-hydrogen) atoms. The molecule has 4 rings (SSSR count). The minimum atomic E-state index is -1.17. The molecule has 2 aromatic heterocycles. The predicted octanol–water partition coefficient (Wildman–Crippen LogP) is 4.93. The zero-order valence-corrected chi connectivity index (χ0v) is 21.6. The van der Waals surface area contributed by atoms with Crippen LogP contribution >= 0.6 is 0 Å². The molecule has 0 aliphatic heterocycles. The highest BCUT2D eigenvalue weighted by Gasteiger charge is 2.25. The molecule has 0 aliphatic carbocycles. The fourth-order valence-corrected chi connectivity index (χ4v) is 3.71. The van der Waals surface area contributed by atoms with E-state index >= 15 is 0 Å². The van der Waals surface area contributed by atoms with Crippen LogP contribution in [0.3, 0.4) is 0 Å². The van der Waals surface area contributed by atoms with Crippen molar-refractivity contribution in [1.29, 1.82) is 0 Å². The Hall–Kier alpha value is -4.48. The molecular formula is C26H28F2N6O4. The molecule has 0 fully saturated rings. The summed E-state index contributed by atoms with van der Waals surface area (Å²) < 4.78 is 35.1. The van der Waals surface area contributed by atoms with Crippen LogP contribution in [-0.2, 0) is 4.74 Å². The van der Waals surface area contributed by atoms with Gasteiger partial charge in [-0.2, -0.15) is 0 Å². The highest BCUT2D eigenvalue weighted by molar-refractivity contribution is 5.88. The van der Waals surface area contributed by atoms with Gasteiger partial charge in [0.05, 0.1) is 18.0 Å². The van der Waals surface area contributed by atoms with E-state index in [0.717, 1.165) is 0 Å². The van der Waals surface area contributed by atoms with Crippen LogP contribution in [-0.4, -0.2) is 53.6 Å². The first-order valence-corrected chi connectivity index (χ1v) is 11.9. The second kappa shape index (κ2) is 12.2. The minimum absolute atomic E-state index is 0.0518. The van der Waals surface area contributed by atoms with Gasteiger partial charge in [-0.1, -0.05) is 62.4 Å². The number of aromatic carboxylic acids is 1. The van der Waals surface area contributed by atoms with E-state index < -0.39 is 23.6 Å². The number of nitrogens with zero attached hydrogens (tertiary/aromatic N) is 6. The van der Waals surface area contributed by atoms with E-state index in [1.165, 1.54) is 27.6 Å². The summed E-state index contributed by atoms with van der Waals surface area (Å²) in [5.74, 6) is -2.79. The Morgan fingerprint density at radius 1 is 0.816 bits per heavy atom. The minimum Gasteiger partial charge on any atom is -0.476 e. The lowest BCUT2D eigenvalue weighted by Crippen LogP contribution is -2.12. The normalized spacial score (nSPS) is 10.9. The van der Waals surface area contributed by atoms with Crippen LogP contribution in [0.2, 0.25) is 0 Å². The predicted molar refractivity (Wildman–Crippen MR) is 134 cm³/mol. The van der Waals surface area contributed by atoms with E-state index in [0.29, 0.717) is 11.4 Å². The maximum atomic E-state index is 13.9. The molecule has 2 heterocycles. The highest BCUT2D eigenvalue weighted by Crippen LogP contribution is 2.24. The molecule has 0 aliphatic rings. The first-order chi connectivity index (χ1) is 18.1. The monoisotopic (exact) mass is 526 g/mol. The summed E-state index contributed by atoms with van der Waals surface area (Å²) in [6.45, 7) is 9.36. The topological polar surface area (TPSA) is 125 Å². The number of hydrogen-bond acceptors (Lipinski definition) is 7. The van der Waals surface area contributed by atoms with Crippen LogP contribution in [0.1, 0.15) is 78.8 Å². The largest absolute Gasteiger partial charge is 0.476 e. The fraction of sp³-hybridized carbons (Fsp3) is 0.308. The van der Waals surface area contributed by atoms with Crippen molar-refractivity contribution in [1.82, 2.24) is 30.0 Å². The van der Waals surface area contributed by atoms with Gasteiger partial charge in [-0.05, 0) is 43.0 Å². The van der Waals surface area contributed by atoms with E-state index in [4.69, 9.17) is 9.84 Å². The first-order valence-electron chi connectivity index (χ1n) is 11.9. The second-order valence-electron chi connectivity index (χ2n) is 8.71. The Balaban J connectivity index is 0.000000212. The highest BCUT2D eigenvalue weighted by atomic mass is 19.1. The molecule has 0 bridgehead atoms. The summed E-state index contributed by atoms with van der Waals surface area (Å²) in [5.41, 5.74) is 1.36. The van der Waals surface area contributed by atoms with Gasteiger partial charge < -0.3 is 9.84 Å². The average molecular weight is 527 g/mol. The van der Waals surface area contributed by atoms with Crippen molar-refractivity contribution in [2.75, 3.05) is 6.61 Å². The van der Waals surface area contributed by atoms with Crippen molar-refractivity contribution in [3.05, 3.63) is 82.9 Å². The molecule has 10 nitrogen and oxygen atoms in total. The Kier molecular flexibility index (Phi) is 9.00. The third kappa shape index (κ3) is 5.90. The number of benzene rings is 2. The number of carboxylic acids is 1. The summed E-state index contributed by atoms with van der Waals surface area (Å²) >= 11 is 0. The molecule has 200 valence electrons. The first kappa shape index (κ1) is 28.1. The van der Waals surface area contributed by atoms with Crippen molar-refractivity contribution in [2.45, 2.75) is 46.5 Å². The number of carboxylic acid groups (broad SMARTS) is 1. The molecule has 0 amide bonds. The van der Waals surface area contributed by atoms with Gasteiger partial charge in [0.2, 0.25) is 0 Å². The van der Waals surface area contributed by atoms with Gasteiger partial charge in [0.1, 0.15) is 23.0 Å². The Morgan fingerprint density at radius 3 is 1.63 bits per heavy atom. The lowest BCUT2D eigenvalue weighted by Gasteiger charge is -2.11. The fourth-order valence-electron chi connectivity index (χ4n) is 3.71. The van der Waals surface area contributed by atoms with Crippen LogP contribution < -0.4 is 0 Å². The number of ether oxygens (including phenoxy) is 1. The molecule has 2 aromatic carbocycles. The number of carbonyl (C=O) groups excluding carboxylic acids is 1. The molecule has 12 heteroatoms. The Morgan fingerprint density at radius 2 is 1.24 bits per heavy atom. The lowest BCUT2D eigenvalue weighted by atomic mass is 10.1. The van der Waals surface area contributed by atoms with E-state index in [9.17, 15) is 18.4 Å². The van der Waals surface area contributed by atoms with E-state index in [2.05, 4.69) is 20.6 Å². The van der Waals surface area contributed by atoms with Gasteiger partial charge in [-0.25, -0.2) is 27.7 Å². The summed E-state index contributed by atoms with van der Waals surface area (Å²) in [6.07, 6.45) is 0.